The molecule has 2 N–H and O–H groups in total. The average Bonchev–Trinajstić information content (AvgIpc) is 2.12. The van der Waals surface area contributed by atoms with E-state index in [0.29, 0.717) is 0 Å². The Morgan fingerprint density at radius 1 is 1.22 bits per heavy atom. The van der Waals surface area contributed by atoms with Gasteiger partial charge < -0.3 is 14.9 Å². The molecule has 0 atom stereocenters. The lowest BCUT2D eigenvalue weighted by atomic mass is 9.99. The summed E-state index contributed by atoms with van der Waals surface area (Å²) in [5, 5.41) is 19.4. The van der Waals surface area contributed by atoms with Crippen molar-refractivity contribution < 1.29 is 24.5 Å². The van der Waals surface area contributed by atoms with Crippen LogP contribution in [0.2, 0.25) is 0 Å². The van der Waals surface area contributed by atoms with E-state index in [-0.39, 0.29) is 29.4 Å². The minimum absolute atomic E-state index is 0.00130. The Balaban J connectivity index is 3.08. The summed E-state index contributed by atoms with van der Waals surface area (Å²) in [7, 11) is 0. The molecule has 18 heavy (non-hydrogen) atoms. The van der Waals surface area contributed by atoms with Crippen LogP contribution >= 0.6 is 0 Å². The van der Waals surface area contributed by atoms with Crippen LogP contribution < -0.4 is 4.74 Å². The molecule has 0 heterocycles. The fraction of sp³-hybridized carbons (Fsp3) is 0.385. The molecule has 0 bridgehead atoms. The first-order chi connectivity index (χ1) is 8.31. The summed E-state index contributed by atoms with van der Waals surface area (Å²) in [4.78, 5) is 22.6. The third kappa shape index (κ3) is 3.48. The second-order valence-electron chi connectivity index (χ2n) is 4.45. The quantitative estimate of drug-likeness (QED) is 0.488. The fourth-order valence-corrected chi connectivity index (χ4v) is 1.57. The van der Waals surface area contributed by atoms with E-state index >= 15 is 0 Å². The van der Waals surface area contributed by atoms with Gasteiger partial charge in [0.1, 0.15) is 22.8 Å². The van der Waals surface area contributed by atoms with Gasteiger partial charge in [0.15, 0.2) is 5.78 Å². The van der Waals surface area contributed by atoms with Gasteiger partial charge in [-0.2, -0.15) is 0 Å². The summed E-state index contributed by atoms with van der Waals surface area (Å²) < 4.78 is 4.72. The highest BCUT2D eigenvalue weighted by Gasteiger charge is 2.19. The Bertz CT molecular complexity index is 453. The number of rotatable bonds is 4. The predicted octanol–water partition coefficient (Wildman–Crippen LogP) is 2.25. The van der Waals surface area contributed by atoms with E-state index in [0.717, 1.165) is 12.1 Å². The molecule has 0 saturated carbocycles. The smallest absolute Gasteiger partial charge is 0.308 e. The Hall–Kier alpha value is -2.04. The highest BCUT2D eigenvalue weighted by atomic mass is 16.5. The van der Waals surface area contributed by atoms with Crippen LogP contribution in [0.25, 0.3) is 0 Å². The van der Waals surface area contributed by atoms with Crippen molar-refractivity contribution in [1.29, 1.82) is 0 Å². The number of ether oxygens (including phenoxy) is 1. The predicted molar refractivity (Wildman–Crippen MR) is 64.9 cm³/mol. The monoisotopic (exact) mass is 252 g/mol. The lowest BCUT2D eigenvalue weighted by Gasteiger charge is -2.10. The van der Waals surface area contributed by atoms with E-state index in [1.54, 1.807) is 0 Å². The van der Waals surface area contributed by atoms with Gasteiger partial charge in [0.2, 0.25) is 0 Å². The first-order valence-corrected chi connectivity index (χ1v) is 5.58. The van der Waals surface area contributed by atoms with Crippen LogP contribution in [0.4, 0.5) is 0 Å². The van der Waals surface area contributed by atoms with Gasteiger partial charge in [-0.3, -0.25) is 9.59 Å². The van der Waals surface area contributed by atoms with Crippen LogP contribution in [-0.2, 0) is 4.79 Å². The molecule has 0 spiro atoms. The van der Waals surface area contributed by atoms with Crippen LogP contribution in [0.3, 0.4) is 0 Å². The molecule has 0 amide bonds. The van der Waals surface area contributed by atoms with Gasteiger partial charge >= 0.3 is 5.97 Å². The zero-order chi connectivity index (χ0) is 13.9. The molecule has 0 aliphatic heterocycles. The van der Waals surface area contributed by atoms with E-state index in [2.05, 4.69) is 0 Å². The van der Waals surface area contributed by atoms with Crippen molar-refractivity contribution in [2.24, 2.45) is 5.92 Å². The highest BCUT2D eigenvalue weighted by molar-refractivity contribution is 6.01. The number of phenols is 2. The number of phenolic OH excluding ortho intramolecular Hbond substituents is 2. The lowest BCUT2D eigenvalue weighted by molar-refractivity contribution is -0.131. The maximum atomic E-state index is 11.8. The number of Topliss-reactive ketones (excluding diaryl/α,β-unsaturated/α-hetero) is 1. The zero-order valence-electron chi connectivity index (χ0n) is 10.6. The van der Waals surface area contributed by atoms with E-state index in [9.17, 15) is 19.8 Å². The largest absolute Gasteiger partial charge is 0.507 e. The molecule has 1 aromatic carbocycles. The first kappa shape index (κ1) is 14.0. The van der Waals surface area contributed by atoms with Crippen LogP contribution in [0.15, 0.2) is 12.1 Å². The molecule has 5 heteroatoms. The molecule has 0 aliphatic carbocycles. The van der Waals surface area contributed by atoms with E-state index in [1.165, 1.54) is 6.92 Å². The molecule has 0 unspecified atom stereocenters. The highest BCUT2D eigenvalue weighted by Crippen LogP contribution is 2.34. The lowest BCUT2D eigenvalue weighted by Crippen LogP contribution is -2.06. The Kier molecular flexibility index (Phi) is 4.31. The summed E-state index contributed by atoms with van der Waals surface area (Å²) in [6.07, 6.45) is 0.216. The third-order valence-electron chi connectivity index (χ3n) is 2.20. The molecule has 0 fully saturated rings. The maximum absolute atomic E-state index is 11.8. The first-order valence-electron chi connectivity index (χ1n) is 5.58. The van der Waals surface area contributed by atoms with E-state index in [4.69, 9.17) is 4.74 Å². The molecule has 0 saturated heterocycles. The van der Waals surface area contributed by atoms with Gasteiger partial charge in [0.25, 0.3) is 0 Å². The molecule has 0 aromatic heterocycles. The van der Waals surface area contributed by atoms with E-state index in [1.807, 2.05) is 13.8 Å². The zero-order valence-corrected chi connectivity index (χ0v) is 10.6. The Labute approximate surface area is 105 Å². The van der Waals surface area contributed by atoms with Crippen molar-refractivity contribution in [2.75, 3.05) is 0 Å². The maximum Gasteiger partial charge on any atom is 0.308 e. The molecule has 98 valence electrons. The second kappa shape index (κ2) is 5.53. The van der Waals surface area contributed by atoms with Crippen molar-refractivity contribution in [3.05, 3.63) is 17.7 Å². The van der Waals surface area contributed by atoms with Gasteiger partial charge in [-0.15, -0.1) is 0 Å². The molecule has 0 aliphatic rings. The SMILES string of the molecule is CC(=O)Oc1cc(O)c(C(=O)CC(C)C)c(O)c1. The number of carbonyl (C=O) groups is 2. The number of benzene rings is 1. The molecule has 0 radical (unpaired) electrons. The fourth-order valence-electron chi connectivity index (χ4n) is 1.57. The van der Waals surface area contributed by atoms with Crippen molar-refractivity contribution >= 4 is 11.8 Å². The molecule has 1 rings (SSSR count). The van der Waals surface area contributed by atoms with Gasteiger partial charge in [0, 0.05) is 25.5 Å². The topological polar surface area (TPSA) is 83.8 Å². The third-order valence-corrected chi connectivity index (χ3v) is 2.20. The van der Waals surface area contributed by atoms with Crippen LogP contribution in [0.5, 0.6) is 17.2 Å². The number of esters is 1. The normalized spacial score (nSPS) is 10.4. The summed E-state index contributed by atoms with van der Waals surface area (Å²) in [5.41, 5.74) is -0.139. The van der Waals surface area contributed by atoms with Crippen LogP contribution in [0, 0.1) is 5.92 Å². The number of hydrogen-bond acceptors (Lipinski definition) is 5. The van der Waals surface area contributed by atoms with Crippen LogP contribution in [-0.4, -0.2) is 22.0 Å². The minimum atomic E-state index is -0.574. The number of hydrogen-bond donors (Lipinski definition) is 2. The van der Waals surface area contributed by atoms with Crippen molar-refractivity contribution in [2.45, 2.75) is 27.2 Å². The van der Waals surface area contributed by atoms with Crippen molar-refractivity contribution in [1.82, 2.24) is 0 Å². The molecular formula is C13H16O5. The summed E-state index contributed by atoms with van der Waals surface area (Å²) in [6.45, 7) is 4.92. The standard InChI is InChI=1S/C13H16O5/c1-7(2)4-10(15)13-11(16)5-9(6-12(13)17)18-8(3)14/h5-7,16-17H,4H2,1-3H3. The number of carbonyl (C=O) groups excluding carboxylic acids is 2. The number of ketones is 1. The minimum Gasteiger partial charge on any atom is -0.507 e. The van der Waals surface area contributed by atoms with Gasteiger partial charge in [-0.25, -0.2) is 0 Å². The average molecular weight is 252 g/mol. The Morgan fingerprint density at radius 2 is 1.72 bits per heavy atom. The van der Waals surface area contributed by atoms with Crippen LogP contribution in [0.1, 0.15) is 37.6 Å². The molecule has 1 aromatic rings. The van der Waals surface area contributed by atoms with Gasteiger partial charge in [-0.05, 0) is 5.92 Å². The second-order valence-corrected chi connectivity index (χ2v) is 4.45. The Morgan fingerprint density at radius 3 is 2.11 bits per heavy atom. The summed E-state index contributed by atoms with van der Waals surface area (Å²) in [6, 6.07) is 2.27. The van der Waals surface area contributed by atoms with Crippen molar-refractivity contribution in [3.63, 3.8) is 0 Å². The number of aromatic hydroxyl groups is 2. The van der Waals surface area contributed by atoms with Gasteiger partial charge in [-0.1, -0.05) is 13.8 Å². The summed E-state index contributed by atoms with van der Waals surface area (Å²) in [5.74, 6) is -1.60. The molecular weight excluding hydrogens is 236 g/mol. The van der Waals surface area contributed by atoms with Crippen molar-refractivity contribution in [3.8, 4) is 17.2 Å². The van der Waals surface area contributed by atoms with Gasteiger partial charge in [0.05, 0.1) is 0 Å². The summed E-state index contributed by atoms with van der Waals surface area (Å²) >= 11 is 0. The molecule has 5 nitrogen and oxygen atoms in total. The van der Waals surface area contributed by atoms with E-state index < -0.39 is 17.5 Å².